The van der Waals surface area contributed by atoms with Gasteiger partial charge in [0.05, 0.1) is 17.7 Å². The summed E-state index contributed by atoms with van der Waals surface area (Å²) in [6.45, 7) is 4.12. The van der Waals surface area contributed by atoms with E-state index in [2.05, 4.69) is 25.2 Å². The van der Waals surface area contributed by atoms with Crippen molar-refractivity contribution >= 4 is 5.69 Å². The first-order valence-electron chi connectivity index (χ1n) is 5.49. The summed E-state index contributed by atoms with van der Waals surface area (Å²) in [6, 6.07) is 9.79. The molecule has 1 fully saturated rings. The standard InChI is InChI=1S/C13H16N2O/c1-13(2)11(7-12(13)16)15-10-5-3-9(8-14)4-6-10/h3-6,11-12,15-16H,7H2,1-2H3/t11-,12+/m0/s1. The van der Waals surface area contributed by atoms with Crippen molar-refractivity contribution < 1.29 is 5.11 Å². The molecule has 0 saturated heterocycles. The minimum atomic E-state index is -0.219. The van der Waals surface area contributed by atoms with Gasteiger partial charge in [-0.15, -0.1) is 0 Å². The van der Waals surface area contributed by atoms with Gasteiger partial charge in [0.25, 0.3) is 0 Å². The van der Waals surface area contributed by atoms with Gasteiger partial charge in [-0.25, -0.2) is 0 Å². The van der Waals surface area contributed by atoms with E-state index in [1.165, 1.54) is 0 Å². The maximum absolute atomic E-state index is 9.62. The Bertz CT molecular complexity index is 417. The highest BCUT2D eigenvalue weighted by Gasteiger charge is 2.47. The lowest BCUT2D eigenvalue weighted by molar-refractivity contribution is -0.0510. The van der Waals surface area contributed by atoms with Gasteiger partial charge in [0.2, 0.25) is 0 Å². The van der Waals surface area contributed by atoms with E-state index in [1.54, 1.807) is 12.1 Å². The molecular weight excluding hydrogens is 200 g/mol. The van der Waals surface area contributed by atoms with Crippen LogP contribution in [0, 0.1) is 16.7 Å². The fourth-order valence-corrected chi connectivity index (χ4v) is 1.99. The Morgan fingerprint density at radius 2 is 2.00 bits per heavy atom. The number of anilines is 1. The van der Waals surface area contributed by atoms with E-state index in [-0.39, 0.29) is 11.5 Å². The van der Waals surface area contributed by atoms with Crippen molar-refractivity contribution in [2.24, 2.45) is 5.41 Å². The fourth-order valence-electron chi connectivity index (χ4n) is 1.99. The van der Waals surface area contributed by atoms with Crippen LogP contribution in [-0.4, -0.2) is 17.3 Å². The van der Waals surface area contributed by atoms with E-state index in [0.29, 0.717) is 11.6 Å². The molecule has 3 nitrogen and oxygen atoms in total. The second-order valence-corrected chi connectivity index (χ2v) is 4.96. The summed E-state index contributed by atoms with van der Waals surface area (Å²) in [5, 5.41) is 21.7. The minimum absolute atomic E-state index is 0.0755. The van der Waals surface area contributed by atoms with Crippen LogP contribution in [0.15, 0.2) is 24.3 Å². The lowest BCUT2D eigenvalue weighted by Crippen LogP contribution is -2.56. The van der Waals surface area contributed by atoms with Gasteiger partial charge < -0.3 is 10.4 Å². The van der Waals surface area contributed by atoms with E-state index in [9.17, 15) is 5.11 Å². The third-order valence-corrected chi connectivity index (χ3v) is 3.57. The Labute approximate surface area is 95.7 Å². The van der Waals surface area contributed by atoms with Crippen molar-refractivity contribution in [2.45, 2.75) is 32.4 Å². The summed E-state index contributed by atoms with van der Waals surface area (Å²) in [7, 11) is 0. The molecule has 2 atom stereocenters. The van der Waals surface area contributed by atoms with Crippen molar-refractivity contribution in [1.82, 2.24) is 0 Å². The second kappa shape index (κ2) is 3.80. The fraction of sp³-hybridized carbons (Fsp3) is 0.462. The number of benzene rings is 1. The van der Waals surface area contributed by atoms with Crippen LogP contribution in [0.25, 0.3) is 0 Å². The number of hydrogen-bond acceptors (Lipinski definition) is 3. The predicted octanol–water partition coefficient (Wildman–Crippen LogP) is 2.13. The highest BCUT2D eigenvalue weighted by Crippen LogP contribution is 2.42. The molecule has 0 radical (unpaired) electrons. The zero-order valence-corrected chi connectivity index (χ0v) is 9.57. The van der Waals surface area contributed by atoms with E-state index in [4.69, 9.17) is 5.26 Å². The maximum Gasteiger partial charge on any atom is 0.0991 e. The number of rotatable bonds is 2. The molecule has 0 aliphatic heterocycles. The van der Waals surface area contributed by atoms with Gasteiger partial charge in [-0.2, -0.15) is 5.26 Å². The SMILES string of the molecule is CC1(C)[C@H](O)C[C@@H]1Nc1ccc(C#N)cc1. The molecule has 0 bridgehead atoms. The zero-order valence-electron chi connectivity index (χ0n) is 9.57. The first-order chi connectivity index (χ1) is 7.54. The average molecular weight is 216 g/mol. The van der Waals surface area contributed by atoms with Crippen molar-refractivity contribution in [3.8, 4) is 6.07 Å². The average Bonchev–Trinajstić information content (AvgIpc) is 2.29. The summed E-state index contributed by atoms with van der Waals surface area (Å²) in [6.07, 6.45) is 0.566. The number of nitriles is 1. The molecule has 84 valence electrons. The van der Waals surface area contributed by atoms with Crippen molar-refractivity contribution in [3.63, 3.8) is 0 Å². The van der Waals surface area contributed by atoms with Gasteiger partial charge >= 0.3 is 0 Å². The summed E-state index contributed by atoms with van der Waals surface area (Å²) >= 11 is 0. The largest absolute Gasteiger partial charge is 0.392 e. The molecule has 1 saturated carbocycles. The molecular formula is C13H16N2O. The van der Waals surface area contributed by atoms with Gasteiger partial charge in [0.15, 0.2) is 0 Å². The lowest BCUT2D eigenvalue weighted by atomic mass is 9.64. The molecule has 16 heavy (non-hydrogen) atoms. The molecule has 1 aliphatic rings. The van der Waals surface area contributed by atoms with Gasteiger partial charge in [-0.3, -0.25) is 0 Å². The van der Waals surface area contributed by atoms with Gasteiger partial charge in [0, 0.05) is 17.1 Å². The Morgan fingerprint density at radius 3 is 2.44 bits per heavy atom. The topological polar surface area (TPSA) is 56.0 Å². The molecule has 2 rings (SSSR count). The molecule has 0 heterocycles. The molecule has 0 amide bonds. The van der Waals surface area contributed by atoms with Crippen molar-refractivity contribution in [2.75, 3.05) is 5.32 Å². The highest BCUT2D eigenvalue weighted by molar-refractivity contribution is 5.48. The van der Waals surface area contributed by atoms with Crippen LogP contribution in [0.4, 0.5) is 5.69 Å². The Balaban J connectivity index is 2.03. The van der Waals surface area contributed by atoms with Crippen LogP contribution in [0.2, 0.25) is 0 Å². The first kappa shape index (κ1) is 11.0. The number of hydrogen-bond donors (Lipinski definition) is 2. The Kier molecular flexibility index (Phi) is 2.61. The zero-order chi connectivity index (χ0) is 11.8. The first-order valence-corrected chi connectivity index (χ1v) is 5.49. The van der Waals surface area contributed by atoms with E-state index >= 15 is 0 Å². The third-order valence-electron chi connectivity index (χ3n) is 3.57. The summed E-state index contributed by atoms with van der Waals surface area (Å²) in [4.78, 5) is 0. The molecule has 0 unspecified atom stereocenters. The predicted molar refractivity (Wildman–Crippen MR) is 63.0 cm³/mol. The highest BCUT2D eigenvalue weighted by atomic mass is 16.3. The Morgan fingerprint density at radius 1 is 1.38 bits per heavy atom. The van der Waals surface area contributed by atoms with Crippen LogP contribution < -0.4 is 5.32 Å². The van der Waals surface area contributed by atoms with Crippen LogP contribution in [0.3, 0.4) is 0 Å². The maximum atomic E-state index is 9.62. The molecule has 1 aromatic carbocycles. The molecule has 0 spiro atoms. The monoisotopic (exact) mass is 216 g/mol. The molecule has 3 heteroatoms. The lowest BCUT2D eigenvalue weighted by Gasteiger charge is -2.49. The number of nitrogens with one attached hydrogen (secondary N) is 1. The Hall–Kier alpha value is -1.53. The summed E-state index contributed by atoms with van der Waals surface area (Å²) < 4.78 is 0. The number of aliphatic hydroxyl groups excluding tert-OH is 1. The normalized spacial score (nSPS) is 26.6. The quantitative estimate of drug-likeness (QED) is 0.796. The summed E-state index contributed by atoms with van der Waals surface area (Å²) in [5.74, 6) is 0. The van der Waals surface area contributed by atoms with Crippen molar-refractivity contribution in [3.05, 3.63) is 29.8 Å². The van der Waals surface area contributed by atoms with Crippen LogP contribution in [0.5, 0.6) is 0 Å². The van der Waals surface area contributed by atoms with Gasteiger partial charge in [0.1, 0.15) is 0 Å². The van der Waals surface area contributed by atoms with Crippen LogP contribution in [-0.2, 0) is 0 Å². The van der Waals surface area contributed by atoms with Crippen LogP contribution >= 0.6 is 0 Å². The molecule has 1 aliphatic carbocycles. The molecule has 1 aromatic rings. The third kappa shape index (κ3) is 1.77. The van der Waals surface area contributed by atoms with Crippen LogP contribution in [0.1, 0.15) is 25.8 Å². The molecule has 0 aromatic heterocycles. The number of aliphatic hydroxyl groups is 1. The summed E-state index contributed by atoms with van der Waals surface area (Å²) in [5.41, 5.74) is 1.59. The van der Waals surface area contributed by atoms with Gasteiger partial charge in [-0.1, -0.05) is 13.8 Å². The van der Waals surface area contributed by atoms with E-state index < -0.39 is 0 Å². The van der Waals surface area contributed by atoms with E-state index in [0.717, 1.165) is 12.1 Å². The number of nitrogens with zero attached hydrogens (tertiary/aromatic N) is 1. The van der Waals surface area contributed by atoms with Crippen molar-refractivity contribution in [1.29, 1.82) is 5.26 Å². The molecule has 2 N–H and O–H groups in total. The van der Waals surface area contributed by atoms with Gasteiger partial charge in [-0.05, 0) is 30.7 Å². The minimum Gasteiger partial charge on any atom is -0.392 e. The second-order valence-electron chi connectivity index (χ2n) is 4.96. The smallest absolute Gasteiger partial charge is 0.0991 e. The van der Waals surface area contributed by atoms with E-state index in [1.807, 2.05) is 12.1 Å².